The predicted octanol–water partition coefficient (Wildman–Crippen LogP) is 5.95. The highest BCUT2D eigenvalue weighted by atomic mass is 32.3. The van der Waals surface area contributed by atoms with E-state index in [0.29, 0.717) is 35.6 Å². The second-order valence-corrected chi connectivity index (χ2v) is 16.6. The molecule has 0 heterocycles. The minimum atomic E-state index is -6.15. The van der Waals surface area contributed by atoms with Gasteiger partial charge in [-0.2, -0.15) is 21.6 Å². The number of ether oxygens (including phenoxy) is 1. The molecule has 0 aromatic heterocycles. The maximum Gasteiger partial charge on any atom is 0.512 e. The standard InChI is InChI=1S/C29H29F3NO6S3/c30-29(31,32)41(34,35)33-42(36,37)39-28-18-21-15-22(19-28)17-27(16-21,20-28)38-23-11-13-26(14-12-23)40(24-7-3-1-4-8-24)25-9-5-2-6-10-25/h1-14,21-22,33H,15-20H2/q+1. The van der Waals surface area contributed by atoms with E-state index >= 15 is 0 Å². The summed E-state index contributed by atoms with van der Waals surface area (Å²) < 4.78 is 99.1. The first-order valence-corrected chi connectivity index (χ1v) is 17.6. The van der Waals surface area contributed by atoms with Gasteiger partial charge in [0.15, 0.2) is 14.7 Å². The number of benzene rings is 3. The maximum atomic E-state index is 12.8. The van der Waals surface area contributed by atoms with Crippen molar-refractivity contribution in [3.8, 4) is 5.75 Å². The van der Waals surface area contributed by atoms with Crippen molar-refractivity contribution in [2.45, 2.75) is 69.9 Å². The van der Waals surface area contributed by atoms with Crippen LogP contribution in [0, 0.1) is 11.8 Å². The largest absolute Gasteiger partial charge is 0.512 e. The molecule has 0 aliphatic heterocycles. The predicted molar refractivity (Wildman–Crippen MR) is 150 cm³/mol. The number of hydrogen-bond donors (Lipinski definition) is 1. The summed E-state index contributed by atoms with van der Waals surface area (Å²) in [5, 5.41) is 0. The van der Waals surface area contributed by atoms with Gasteiger partial charge in [0.25, 0.3) is 0 Å². The summed E-state index contributed by atoms with van der Waals surface area (Å²) in [4.78, 5) is 3.42. The van der Waals surface area contributed by atoms with Crippen LogP contribution in [0.15, 0.2) is 99.6 Å². The summed E-state index contributed by atoms with van der Waals surface area (Å²) in [5.74, 6) is 0.685. The molecule has 42 heavy (non-hydrogen) atoms. The fourth-order valence-electron chi connectivity index (χ4n) is 7.16. The number of halogens is 3. The van der Waals surface area contributed by atoms with Crippen molar-refractivity contribution in [2.75, 3.05) is 0 Å². The molecule has 4 aliphatic rings. The molecule has 7 rings (SSSR count). The lowest BCUT2D eigenvalue weighted by molar-refractivity contribution is -0.175. The third-order valence-corrected chi connectivity index (χ3v) is 13.2. The van der Waals surface area contributed by atoms with Crippen molar-refractivity contribution in [1.82, 2.24) is 4.13 Å². The zero-order chi connectivity index (χ0) is 29.8. The van der Waals surface area contributed by atoms with E-state index in [2.05, 4.69) is 24.3 Å². The number of nitrogens with one attached hydrogen (secondary N) is 1. The van der Waals surface area contributed by atoms with E-state index in [1.54, 1.807) is 0 Å². The Hall–Kier alpha value is -2.58. The van der Waals surface area contributed by atoms with E-state index in [0.717, 1.165) is 11.3 Å². The fraction of sp³-hybridized carbons (Fsp3) is 0.379. The van der Waals surface area contributed by atoms with Crippen molar-refractivity contribution < 1.29 is 38.9 Å². The average Bonchev–Trinajstić information content (AvgIpc) is 2.88. The zero-order valence-corrected chi connectivity index (χ0v) is 24.7. The van der Waals surface area contributed by atoms with Crippen LogP contribution in [-0.2, 0) is 35.4 Å². The Morgan fingerprint density at radius 3 is 1.69 bits per heavy atom. The Balaban J connectivity index is 1.23. The topological polar surface area (TPSA) is 98.8 Å². The van der Waals surface area contributed by atoms with Gasteiger partial charge in [0, 0.05) is 6.42 Å². The lowest BCUT2D eigenvalue weighted by atomic mass is 9.52. The van der Waals surface area contributed by atoms with E-state index < -0.39 is 37.0 Å². The smallest absolute Gasteiger partial charge is 0.487 e. The van der Waals surface area contributed by atoms with Crippen molar-refractivity contribution in [2.24, 2.45) is 11.8 Å². The molecule has 4 bridgehead atoms. The van der Waals surface area contributed by atoms with Gasteiger partial charge < -0.3 is 4.74 Å². The van der Waals surface area contributed by atoms with Crippen LogP contribution in [0.4, 0.5) is 13.2 Å². The first-order chi connectivity index (χ1) is 19.8. The summed E-state index contributed by atoms with van der Waals surface area (Å²) in [6.45, 7) is 0. The molecule has 0 spiro atoms. The molecule has 3 aromatic carbocycles. The lowest BCUT2D eigenvalue weighted by Crippen LogP contribution is -2.63. The van der Waals surface area contributed by atoms with Crippen molar-refractivity contribution in [1.29, 1.82) is 0 Å². The third-order valence-electron chi connectivity index (χ3n) is 8.11. The van der Waals surface area contributed by atoms with Crippen LogP contribution in [0.2, 0.25) is 0 Å². The van der Waals surface area contributed by atoms with Crippen LogP contribution < -0.4 is 8.86 Å². The summed E-state index contributed by atoms with van der Waals surface area (Å²) in [5.41, 5.74) is -7.91. The fourth-order valence-corrected chi connectivity index (χ4v) is 11.5. The highest BCUT2D eigenvalue weighted by Gasteiger charge is 2.62. The second kappa shape index (κ2) is 10.5. The highest BCUT2D eigenvalue weighted by Crippen LogP contribution is 2.60. The maximum absolute atomic E-state index is 12.8. The molecule has 0 saturated heterocycles. The molecular formula is C29H29F3NO6S3+. The van der Waals surface area contributed by atoms with Gasteiger partial charge in [-0.1, -0.05) is 40.5 Å². The van der Waals surface area contributed by atoms with Crippen LogP contribution in [0.3, 0.4) is 0 Å². The molecular weight excluding hydrogens is 612 g/mol. The van der Waals surface area contributed by atoms with E-state index in [1.165, 1.54) is 9.79 Å². The highest BCUT2D eigenvalue weighted by molar-refractivity contribution is 8.03. The Morgan fingerprint density at radius 1 is 0.714 bits per heavy atom. The first kappa shape index (κ1) is 29.5. The normalized spacial score (nSPS) is 27.3. The second-order valence-electron chi connectivity index (χ2n) is 11.4. The molecule has 1 N–H and O–H groups in total. The summed E-state index contributed by atoms with van der Waals surface area (Å²) >= 11 is 0. The van der Waals surface area contributed by atoms with Crippen molar-refractivity contribution in [3.63, 3.8) is 0 Å². The van der Waals surface area contributed by atoms with Gasteiger partial charge in [-0.3, -0.25) is 4.18 Å². The van der Waals surface area contributed by atoms with E-state index in [4.69, 9.17) is 8.92 Å². The van der Waals surface area contributed by atoms with E-state index in [1.807, 2.05) is 60.7 Å². The van der Waals surface area contributed by atoms with Gasteiger partial charge in [-0.15, -0.1) is 0 Å². The first-order valence-electron chi connectivity index (χ1n) is 13.5. The summed E-state index contributed by atoms with van der Waals surface area (Å²) in [6.07, 6.45) is 2.88. The van der Waals surface area contributed by atoms with Crippen molar-refractivity contribution >= 4 is 31.2 Å². The summed E-state index contributed by atoms with van der Waals surface area (Å²) in [6, 6.07) is 28.2. The SMILES string of the molecule is O=S(=O)(NS(=O)(=O)C(F)(F)F)OC12CC3CC(CC(Oc4ccc([S+](c5ccccc5)c5ccccc5)cc4)(C3)C1)C2. The van der Waals surface area contributed by atoms with Crippen LogP contribution >= 0.6 is 0 Å². The molecule has 2 atom stereocenters. The Labute approximate surface area is 246 Å². The van der Waals surface area contributed by atoms with E-state index in [-0.39, 0.29) is 29.2 Å². The number of sulfonamides is 1. The van der Waals surface area contributed by atoms with Gasteiger partial charge in [-0.05, 0) is 92.5 Å². The Bertz CT molecular complexity index is 1600. The van der Waals surface area contributed by atoms with Gasteiger partial charge in [-0.25, -0.2) is 8.42 Å². The summed E-state index contributed by atoms with van der Waals surface area (Å²) in [7, 11) is -11.8. The lowest BCUT2D eigenvalue weighted by Gasteiger charge is -2.60. The molecule has 13 heteroatoms. The van der Waals surface area contributed by atoms with Crippen LogP contribution in [0.25, 0.3) is 0 Å². The minimum absolute atomic E-state index is 0.0435. The van der Waals surface area contributed by atoms with E-state index in [9.17, 15) is 30.0 Å². The molecule has 224 valence electrons. The quantitative estimate of drug-likeness (QED) is 0.290. The molecule has 4 aliphatic carbocycles. The van der Waals surface area contributed by atoms with Crippen LogP contribution in [0.5, 0.6) is 5.75 Å². The molecule has 7 nitrogen and oxygen atoms in total. The molecule has 0 radical (unpaired) electrons. The van der Waals surface area contributed by atoms with Crippen LogP contribution in [-0.4, -0.2) is 33.5 Å². The number of rotatable bonds is 9. The molecule has 2 unspecified atom stereocenters. The van der Waals surface area contributed by atoms with Gasteiger partial charge in [0.2, 0.25) is 0 Å². The number of alkyl halides is 3. The molecule has 0 amide bonds. The Morgan fingerprint density at radius 2 is 1.19 bits per heavy atom. The Kier molecular flexibility index (Phi) is 7.41. The minimum Gasteiger partial charge on any atom is -0.487 e. The third kappa shape index (κ3) is 5.94. The molecule has 4 saturated carbocycles. The zero-order valence-electron chi connectivity index (χ0n) is 22.3. The molecule has 3 aromatic rings. The monoisotopic (exact) mass is 640 g/mol. The molecule has 4 fully saturated rings. The number of hydrogen-bond acceptors (Lipinski definition) is 6. The van der Waals surface area contributed by atoms with Gasteiger partial charge >= 0.3 is 25.8 Å². The van der Waals surface area contributed by atoms with Gasteiger partial charge in [0.05, 0.1) is 16.5 Å². The van der Waals surface area contributed by atoms with Gasteiger partial charge in [0.1, 0.15) is 11.4 Å². The van der Waals surface area contributed by atoms with Crippen molar-refractivity contribution in [3.05, 3.63) is 84.9 Å². The van der Waals surface area contributed by atoms with Crippen LogP contribution in [0.1, 0.15) is 38.5 Å². The average molecular weight is 641 g/mol.